The number of anilines is 4. The molecular formula is C35H44F3N6O7P. The van der Waals surface area contributed by atoms with E-state index in [0.717, 1.165) is 5.56 Å². The van der Waals surface area contributed by atoms with Crippen molar-refractivity contribution in [2.24, 2.45) is 0 Å². The molecule has 0 radical (unpaired) electrons. The van der Waals surface area contributed by atoms with Gasteiger partial charge in [-0.25, -0.2) is 4.98 Å². The Labute approximate surface area is 300 Å². The summed E-state index contributed by atoms with van der Waals surface area (Å²) in [6.45, 7) is 4.07. The Bertz CT molecular complexity index is 1860. The van der Waals surface area contributed by atoms with Crippen LogP contribution in [0.25, 0.3) is 0 Å². The minimum atomic E-state index is -4.83. The zero-order valence-corrected chi connectivity index (χ0v) is 30.9. The van der Waals surface area contributed by atoms with Crippen LogP contribution in [0.1, 0.15) is 78.1 Å². The number of carboxylic acid groups (broad SMARTS) is 1. The standard InChI is InChI=1S/C35H44F3N6O7P/c1-7-50-52(48,51-8-2)20-21-9-11-26(28(17-21)49-6)41-33-39-18-25(35(36,37)38)30(42-33)40-27-12-10-23(24-19-44(5)31(45)29(24)27)22-13-15-34(16-14-22,32(46)47)43(3)4/h9-12,17-18,22H,7-8,13-16,19-20H2,1-6H3,(H,46,47)(H2,39,40,41,42)/t22-,34+. The third kappa shape index (κ3) is 7.89. The number of carbonyl (C=O) groups excluding carboxylic acids is 1. The van der Waals surface area contributed by atoms with Crippen molar-refractivity contribution >= 4 is 42.6 Å². The van der Waals surface area contributed by atoms with Gasteiger partial charge in [0.05, 0.1) is 43.4 Å². The predicted octanol–water partition coefficient (Wildman–Crippen LogP) is 7.39. The average Bonchev–Trinajstić information content (AvgIpc) is 3.38. The van der Waals surface area contributed by atoms with E-state index < -0.39 is 36.7 Å². The molecule has 5 rings (SSSR count). The lowest BCUT2D eigenvalue weighted by Gasteiger charge is -2.42. The molecule has 1 saturated carbocycles. The molecule has 0 unspecified atom stereocenters. The van der Waals surface area contributed by atoms with Crippen LogP contribution in [0.5, 0.6) is 5.75 Å². The van der Waals surface area contributed by atoms with Gasteiger partial charge in [0.15, 0.2) is 0 Å². The zero-order chi connectivity index (χ0) is 38.0. The van der Waals surface area contributed by atoms with Gasteiger partial charge in [-0.15, -0.1) is 0 Å². The summed E-state index contributed by atoms with van der Waals surface area (Å²) in [6.07, 6.45) is -2.22. The van der Waals surface area contributed by atoms with Gasteiger partial charge in [0.2, 0.25) is 5.95 Å². The predicted molar refractivity (Wildman–Crippen MR) is 189 cm³/mol. The molecule has 2 aromatic carbocycles. The van der Waals surface area contributed by atoms with Crippen LogP contribution in [0.4, 0.5) is 36.3 Å². The van der Waals surface area contributed by atoms with Crippen molar-refractivity contribution in [3.8, 4) is 5.75 Å². The molecule has 0 spiro atoms. The summed E-state index contributed by atoms with van der Waals surface area (Å²) >= 11 is 0. The van der Waals surface area contributed by atoms with Crippen molar-refractivity contribution in [3.63, 3.8) is 0 Å². The summed E-state index contributed by atoms with van der Waals surface area (Å²) in [5.74, 6) is -1.73. The molecule has 0 saturated heterocycles. The average molecular weight is 749 g/mol. The number of nitrogens with zero attached hydrogens (tertiary/aromatic N) is 4. The summed E-state index contributed by atoms with van der Waals surface area (Å²) in [7, 11) is 3.12. The number of methoxy groups -OCH3 is 1. The maximum Gasteiger partial charge on any atom is 0.421 e. The quantitative estimate of drug-likeness (QED) is 0.141. The van der Waals surface area contributed by atoms with E-state index in [0.29, 0.717) is 48.7 Å². The van der Waals surface area contributed by atoms with E-state index in [1.54, 1.807) is 70.2 Å². The molecule has 2 heterocycles. The molecule has 13 nitrogen and oxygen atoms in total. The van der Waals surface area contributed by atoms with Gasteiger partial charge in [0.25, 0.3) is 5.91 Å². The van der Waals surface area contributed by atoms with Crippen LogP contribution in [-0.2, 0) is 37.3 Å². The number of likely N-dealkylation sites (N-methyl/N-ethyl adjacent to an activating group) is 1. The van der Waals surface area contributed by atoms with E-state index in [9.17, 15) is 32.4 Å². The number of carboxylic acids is 1. The number of alkyl halides is 3. The van der Waals surface area contributed by atoms with Gasteiger partial charge in [0, 0.05) is 19.8 Å². The highest BCUT2D eigenvalue weighted by Crippen LogP contribution is 2.52. The van der Waals surface area contributed by atoms with Gasteiger partial charge in [-0.05, 0) is 94.4 Å². The number of amides is 1. The van der Waals surface area contributed by atoms with Crippen LogP contribution in [0.3, 0.4) is 0 Å². The molecule has 0 bridgehead atoms. The number of carbonyl (C=O) groups is 2. The number of ether oxygens (including phenoxy) is 1. The van der Waals surface area contributed by atoms with Crippen molar-refractivity contribution in [2.75, 3.05) is 52.1 Å². The first-order valence-electron chi connectivity index (χ1n) is 16.9. The van der Waals surface area contributed by atoms with Crippen LogP contribution in [0, 0.1) is 0 Å². The monoisotopic (exact) mass is 748 g/mol. The molecule has 1 aliphatic heterocycles. The minimum Gasteiger partial charge on any atom is -0.495 e. The SMILES string of the molecule is CCOP(=O)(Cc1ccc(Nc2ncc(C(F)(F)F)c(Nc3ccc([C@H]4CC[C@@](C(=O)O)(N(C)C)CC4)c4c3C(=O)N(C)C4)n2)c(OC)c1)OCC. The van der Waals surface area contributed by atoms with Gasteiger partial charge < -0.3 is 34.4 Å². The van der Waals surface area contributed by atoms with Gasteiger partial charge in [-0.3, -0.25) is 19.1 Å². The third-order valence-corrected chi connectivity index (χ3v) is 11.8. The van der Waals surface area contributed by atoms with Gasteiger partial charge in [0.1, 0.15) is 22.7 Å². The molecule has 2 aliphatic rings. The number of aromatic nitrogens is 2. The number of fused-ring (bicyclic) bond motifs is 1. The molecule has 1 aromatic heterocycles. The molecule has 1 aliphatic carbocycles. The number of aliphatic carboxylic acids is 1. The molecule has 3 aromatic rings. The number of hydrogen-bond donors (Lipinski definition) is 3. The smallest absolute Gasteiger partial charge is 0.421 e. The van der Waals surface area contributed by atoms with E-state index in [1.165, 1.54) is 12.0 Å². The Morgan fingerprint density at radius 1 is 1.10 bits per heavy atom. The van der Waals surface area contributed by atoms with Crippen LogP contribution < -0.4 is 15.4 Å². The number of halogens is 3. The highest BCUT2D eigenvalue weighted by atomic mass is 31.2. The first-order chi connectivity index (χ1) is 24.6. The Balaban J connectivity index is 1.45. The number of rotatable bonds is 14. The van der Waals surface area contributed by atoms with E-state index >= 15 is 0 Å². The molecule has 1 fully saturated rings. The summed E-state index contributed by atoms with van der Waals surface area (Å²) in [5.41, 5.74) is 0.771. The molecule has 1 amide bonds. The molecule has 0 atom stereocenters. The second kappa shape index (κ2) is 15.4. The van der Waals surface area contributed by atoms with Gasteiger partial charge in [-0.2, -0.15) is 18.2 Å². The number of nitrogens with one attached hydrogen (secondary N) is 2. The lowest BCUT2D eigenvalue weighted by atomic mass is 9.72. The first-order valence-corrected chi connectivity index (χ1v) is 18.6. The normalized spacial score (nSPS) is 19.2. The third-order valence-electron chi connectivity index (χ3n) is 9.70. The summed E-state index contributed by atoms with van der Waals surface area (Å²) < 4.78 is 72.2. The van der Waals surface area contributed by atoms with E-state index in [4.69, 9.17) is 13.8 Å². The Morgan fingerprint density at radius 3 is 2.33 bits per heavy atom. The fraction of sp³-hybridized carbons (Fsp3) is 0.486. The Hall–Kier alpha value is -4.24. The van der Waals surface area contributed by atoms with Crippen molar-refractivity contribution in [3.05, 3.63) is 64.3 Å². The van der Waals surface area contributed by atoms with Crippen molar-refractivity contribution < 1.29 is 46.2 Å². The summed E-state index contributed by atoms with van der Waals surface area (Å²) in [4.78, 5) is 37.0. The first kappa shape index (κ1) is 39.0. The lowest BCUT2D eigenvalue weighted by molar-refractivity contribution is -0.152. The van der Waals surface area contributed by atoms with Crippen molar-refractivity contribution in [2.45, 2.75) is 69.9 Å². The molecule has 52 heavy (non-hydrogen) atoms. The zero-order valence-electron chi connectivity index (χ0n) is 30.0. The highest BCUT2D eigenvalue weighted by molar-refractivity contribution is 7.53. The second-order valence-corrected chi connectivity index (χ2v) is 15.1. The molecule has 3 N–H and O–H groups in total. The van der Waals surface area contributed by atoms with E-state index in [2.05, 4.69) is 20.6 Å². The highest BCUT2D eigenvalue weighted by Gasteiger charge is 2.45. The molecular weight excluding hydrogens is 704 g/mol. The van der Waals surface area contributed by atoms with E-state index in [1.807, 2.05) is 0 Å². The van der Waals surface area contributed by atoms with E-state index in [-0.39, 0.29) is 60.7 Å². The maximum absolute atomic E-state index is 14.3. The Kier molecular flexibility index (Phi) is 11.5. The largest absolute Gasteiger partial charge is 0.495 e. The topological polar surface area (TPSA) is 155 Å². The lowest BCUT2D eigenvalue weighted by Crippen LogP contribution is -2.53. The van der Waals surface area contributed by atoms with Gasteiger partial charge in [-0.1, -0.05) is 12.1 Å². The van der Waals surface area contributed by atoms with Crippen LogP contribution in [0.15, 0.2) is 36.5 Å². The van der Waals surface area contributed by atoms with Crippen molar-refractivity contribution in [1.82, 2.24) is 19.8 Å². The molecule has 282 valence electrons. The Morgan fingerprint density at radius 2 is 1.75 bits per heavy atom. The summed E-state index contributed by atoms with van der Waals surface area (Å²) in [5, 5.41) is 15.7. The molecule has 17 heteroatoms. The maximum atomic E-state index is 14.3. The van der Waals surface area contributed by atoms with Crippen LogP contribution in [0.2, 0.25) is 0 Å². The minimum absolute atomic E-state index is 0.0207. The van der Waals surface area contributed by atoms with Crippen LogP contribution >= 0.6 is 7.60 Å². The van der Waals surface area contributed by atoms with Crippen molar-refractivity contribution in [1.29, 1.82) is 0 Å². The number of benzene rings is 2. The fourth-order valence-electron chi connectivity index (χ4n) is 7.00. The number of hydrogen-bond acceptors (Lipinski definition) is 11. The summed E-state index contributed by atoms with van der Waals surface area (Å²) in [6, 6.07) is 8.24. The van der Waals surface area contributed by atoms with Gasteiger partial charge >= 0.3 is 19.7 Å². The van der Waals surface area contributed by atoms with Crippen LogP contribution in [-0.4, -0.2) is 83.8 Å². The fourth-order valence-corrected chi connectivity index (χ4v) is 8.69. The second-order valence-electron chi connectivity index (χ2n) is 13.1.